The second-order valence-electron chi connectivity index (χ2n) is 7.58. The molecule has 0 atom stereocenters. The lowest BCUT2D eigenvalue weighted by molar-refractivity contribution is -0.660. The van der Waals surface area contributed by atoms with E-state index in [1.165, 1.54) is 50.2 Å². The van der Waals surface area contributed by atoms with Crippen molar-refractivity contribution in [3.63, 3.8) is 0 Å². The summed E-state index contributed by atoms with van der Waals surface area (Å²) >= 11 is 0. The van der Waals surface area contributed by atoms with Crippen molar-refractivity contribution in [1.82, 2.24) is 0 Å². The molecule has 3 aromatic carbocycles. The number of rotatable bonds is 3. The molecule has 0 aliphatic rings. The Morgan fingerprint density at radius 3 is 1.96 bits per heavy atom. The highest BCUT2D eigenvalue weighted by molar-refractivity contribution is 5.77. The third-order valence-corrected chi connectivity index (χ3v) is 5.53. The number of benzene rings is 3. The Hall–Kier alpha value is -3.19. The second-order valence-corrected chi connectivity index (χ2v) is 7.58. The molecule has 1 aromatic heterocycles. The summed E-state index contributed by atoms with van der Waals surface area (Å²) in [6.45, 7) is 6.57. The van der Waals surface area contributed by atoms with Gasteiger partial charge in [0.05, 0.1) is 0 Å². The summed E-state index contributed by atoms with van der Waals surface area (Å²) in [6.07, 6.45) is 2.24. The normalized spacial score (nSPS) is 10.9. The van der Waals surface area contributed by atoms with Crippen LogP contribution in [-0.2, 0) is 7.05 Å². The van der Waals surface area contributed by atoms with Crippen LogP contribution < -0.4 is 4.57 Å². The van der Waals surface area contributed by atoms with Gasteiger partial charge in [0, 0.05) is 17.2 Å². The van der Waals surface area contributed by atoms with Crippen LogP contribution in [0, 0.1) is 20.8 Å². The van der Waals surface area contributed by atoms with Crippen LogP contribution in [0.2, 0.25) is 0 Å². The van der Waals surface area contributed by atoms with Crippen LogP contribution in [0.5, 0.6) is 0 Å². The Kier molecular flexibility index (Phi) is 4.83. The van der Waals surface area contributed by atoms with Gasteiger partial charge in [0.1, 0.15) is 7.05 Å². The fourth-order valence-corrected chi connectivity index (χ4v) is 3.92. The zero-order chi connectivity index (χ0) is 19.7. The number of hydrogen-bond acceptors (Lipinski definition) is 0. The first kappa shape index (κ1) is 18.2. The Bertz CT molecular complexity index is 1140. The predicted molar refractivity (Wildman–Crippen MR) is 118 cm³/mol. The van der Waals surface area contributed by atoms with Crippen molar-refractivity contribution in [3.05, 3.63) is 102 Å². The Labute approximate surface area is 167 Å². The van der Waals surface area contributed by atoms with Crippen molar-refractivity contribution in [3.8, 4) is 33.5 Å². The molecule has 138 valence electrons. The van der Waals surface area contributed by atoms with E-state index in [1.54, 1.807) is 0 Å². The molecule has 0 saturated carbocycles. The average molecular weight is 365 g/mol. The van der Waals surface area contributed by atoms with Crippen LogP contribution in [0.25, 0.3) is 33.5 Å². The molecule has 4 rings (SSSR count). The Morgan fingerprint density at radius 1 is 0.536 bits per heavy atom. The molecular weight excluding hydrogens is 338 g/mol. The van der Waals surface area contributed by atoms with Crippen molar-refractivity contribution in [1.29, 1.82) is 0 Å². The first-order chi connectivity index (χ1) is 13.5. The molecule has 0 N–H and O–H groups in total. The first-order valence-corrected chi connectivity index (χ1v) is 9.77. The van der Waals surface area contributed by atoms with Gasteiger partial charge in [-0.15, -0.1) is 0 Å². The largest absolute Gasteiger partial charge is 0.213 e. The maximum absolute atomic E-state index is 2.34. The highest BCUT2D eigenvalue weighted by Crippen LogP contribution is 2.32. The quantitative estimate of drug-likeness (QED) is 0.368. The van der Waals surface area contributed by atoms with Gasteiger partial charge in [0.25, 0.3) is 0 Å². The molecule has 0 radical (unpaired) electrons. The maximum atomic E-state index is 2.34. The standard InChI is InChI=1S/C27H26N/c1-19-10-8-9-13-24(19)25-17-27(28(4)18-21(25)3)26-16-23(15-14-20(26)2)22-11-6-5-7-12-22/h5-18H,1-4H3/q+1. The molecule has 0 aliphatic carbocycles. The fraction of sp³-hybridized carbons (Fsp3) is 0.148. The van der Waals surface area contributed by atoms with Crippen molar-refractivity contribution in [2.75, 3.05) is 0 Å². The van der Waals surface area contributed by atoms with Gasteiger partial charge in [0.15, 0.2) is 6.20 Å². The van der Waals surface area contributed by atoms with Gasteiger partial charge in [-0.1, -0.05) is 66.7 Å². The van der Waals surface area contributed by atoms with Gasteiger partial charge in [-0.2, -0.15) is 0 Å². The average Bonchev–Trinajstić information content (AvgIpc) is 2.70. The highest BCUT2D eigenvalue weighted by Gasteiger charge is 2.18. The molecule has 1 heterocycles. The van der Waals surface area contributed by atoms with Crippen LogP contribution in [0.4, 0.5) is 0 Å². The van der Waals surface area contributed by atoms with E-state index in [0.29, 0.717) is 0 Å². The molecule has 0 unspecified atom stereocenters. The Balaban J connectivity index is 1.90. The minimum Gasteiger partial charge on any atom is -0.201 e. The van der Waals surface area contributed by atoms with E-state index >= 15 is 0 Å². The van der Waals surface area contributed by atoms with Crippen molar-refractivity contribution < 1.29 is 4.57 Å². The van der Waals surface area contributed by atoms with Crippen LogP contribution in [0.1, 0.15) is 16.7 Å². The lowest BCUT2D eigenvalue weighted by Crippen LogP contribution is -2.31. The maximum Gasteiger partial charge on any atom is 0.213 e. The van der Waals surface area contributed by atoms with Crippen LogP contribution in [-0.4, -0.2) is 0 Å². The van der Waals surface area contributed by atoms with Gasteiger partial charge in [-0.3, -0.25) is 0 Å². The zero-order valence-electron chi connectivity index (χ0n) is 17.0. The smallest absolute Gasteiger partial charge is 0.201 e. The number of nitrogens with zero attached hydrogens (tertiary/aromatic N) is 1. The topological polar surface area (TPSA) is 3.88 Å². The van der Waals surface area contributed by atoms with E-state index in [2.05, 4.69) is 117 Å². The van der Waals surface area contributed by atoms with Gasteiger partial charge in [-0.25, -0.2) is 4.57 Å². The monoisotopic (exact) mass is 364 g/mol. The summed E-state index contributed by atoms with van der Waals surface area (Å²) in [5.41, 5.74) is 11.5. The lowest BCUT2D eigenvalue weighted by Gasteiger charge is -2.13. The van der Waals surface area contributed by atoms with Crippen molar-refractivity contribution >= 4 is 0 Å². The summed E-state index contributed by atoms with van der Waals surface area (Å²) in [6, 6.07) is 28.3. The summed E-state index contributed by atoms with van der Waals surface area (Å²) in [7, 11) is 2.14. The highest BCUT2D eigenvalue weighted by atomic mass is 14.9. The minimum absolute atomic E-state index is 1.24. The van der Waals surface area contributed by atoms with E-state index < -0.39 is 0 Å². The van der Waals surface area contributed by atoms with Crippen LogP contribution in [0.15, 0.2) is 85.1 Å². The van der Waals surface area contributed by atoms with Crippen LogP contribution in [0.3, 0.4) is 0 Å². The third-order valence-electron chi connectivity index (χ3n) is 5.53. The van der Waals surface area contributed by atoms with E-state index in [0.717, 1.165) is 0 Å². The van der Waals surface area contributed by atoms with Gasteiger partial charge < -0.3 is 0 Å². The molecule has 1 nitrogen and oxygen atoms in total. The number of aryl methyl sites for hydroxylation is 4. The fourth-order valence-electron chi connectivity index (χ4n) is 3.92. The molecule has 0 aliphatic heterocycles. The molecule has 0 spiro atoms. The third kappa shape index (κ3) is 3.36. The number of hydrogen-bond donors (Lipinski definition) is 0. The molecule has 4 aromatic rings. The molecular formula is C27H26N+. The van der Waals surface area contributed by atoms with Gasteiger partial charge in [0.2, 0.25) is 5.69 Å². The van der Waals surface area contributed by atoms with E-state index in [-0.39, 0.29) is 0 Å². The van der Waals surface area contributed by atoms with Crippen molar-refractivity contribution in [2.45, 2.75) is 20.8 Å². The summed E-state index contributed by atoms with van der Waals surface area (Å²) in [5.74, 6) is 0. The SMILES string of the molecule is Cc1ccccc1-c1cc(-c2cc(-c3ccccc3)ccc2C)[n+](C)cc1C. The summed E-state index contributed by atoms with van der Waals surface area (Å²) in [4.78, 5) is 0. The molecule has 1 heteroatoms. The molecule has 28 heavy (non-hydrogen) atoms. The van der Waals surface area contributed by atoms with Crippen LogP contribution >= 0.6 is 0 Å². The second kappa shape index (κ2) is 7.44. The zero-order valence-corrected chi connectivity index (χ0v) is 17.0. The van der Waals surface area contributed by atoms with Gasteiger partial charge >= 0.3 is 0 Å². The predicted octanol–water partition coefficient (Wildman–Crippen LogP) is 6.44. The summed E-state index contributed by atoms with van der Waals surface area (Å²) < 4.78 is 2.24. The lowest BCUT2D eigenvalue weighted by atomic mass is 9.93. The van der Waals surface area contributed by atoms with E-state index in [9.17, 15) is 0 Å². The first-order valence-electron chi connectivity index (χ1n) is 9.77. The Morgan fingerprint density at radius 2 is 1.21 bits per heavy atom. The number of pyridine rings is 1. The summed E-state index contributed by atoms with van der Waals surface area (Å²) in [5, 5.41) is 0. The molecule has 0 fully saturated rings. The van der Waals surface area contributed by atoms with Gasteiger partial charge in [-0.05, 0) is 60.2 Å². The van der Waals surface area contributed by atoms with E-state index in [1.807, 2.05) is 0 Å². The minimum atomic E-state index is 1.24. The number of aromatic nitrogens is 1. The molecule has 0 amide bonds. The molecule has 0 bridgehead atoms. The van der Waals surface area contributed by atoms with Crippen molar-refractivity contribution in [2.24, 2.45) is 7.05 Å². The molecule has 0 saturated heterocycles. The van der Waals surface area contributed by atoms with E-state index in [4.69, 9.17) is 0 Å².